The number of unbranched alkanes of at least 4 members (excludes halogenated alkanes) is 4. The van der Waals surface area contributed by atoms with Gasteiger partial charge in [-0.2, -0.15) is 0 Å². The lowest BCUT2D eigenvalue weighted by molar-refractivity contribution is 0.560. The van der Waals surface area contributed by atoms with Crippen LogP contribution in [0.2, 0.25) is 0 Å². The first-order valence-electron chi connectivity index (χ1n) is 4.12. The van der Waals surface area contributed by atoms with Gasteiger partial charge in [-0.3, -0.25) is 0 Å². The van der Waals surface area contributed by atoms with Gasteiger partial charge in [0.05, 0.1) is 0 Å². The van der Waals surface area contributed by atoms with E-state index in [9.17, 15) is 4.39 Å². The second kappa shape index (κ2) is 8.67. The third-order valence-corrected chi connectivity index (χ3v) is 1.48. The van der Waals surface area contributed by atoms with Crippen LogP contribution in [0.4, 0.5) is 4.39 Å². The highest BCUT2D eigenvalue weighted by Crippen LogP contribution is 2.02. The summed E-state index contributed by atoms with van der Waals surface area (Å²) in [5.74, 6) is 0. The number of rotatable bonds is 6. The Morgan fingerprint density at radius 2 is 1.90 bits per heavy atom. The maximum absolute atomic E-state index is 11.5. The van der Waals surface area contributed by atoms with E-state index in [1.54, 1.807) is 6.08 Å². The molecule has 0 saturated heterocycles. The second-order valence-corrected chi connectivity index (χ2v) is 2.48. The highest BCUT2D eigenvalue weighted by atomic mass is 19.1. The molecule has 0 bridgehead atoms. The summed E-state index contributed by atoms with van der Waals surface area (Å²) >= 11 is 0. The van der Waals surface area contributed by atoms with Gasteiger partial charge < -0.3 is 0 Å². The minimum Gasteiger partial charge on any atom is -0.247 e. The molecular weight excluding hydrogens is 127 g/mol. The fourth-order valence-corrected chi connectivity index (χ4v) is 0.870. The van der Waals surface area contributed by atoms with Gasteiger partial charge in [0.25, 0.3) is 0 Å². The molecule has 0 aliphatic carbocycles. The molecule has 0 spiro atoms. The molecule has 0 radical (unpaired) electrons. The molecule has 1 heteroatoms. The zero-order chi connectivity index (χ0) is 7.66. The van der Waals surface area contributed by atoms with Crippen molar-refractivity contribution in [1.29, 1.82) is 0 Å². The van der Waals surface area contributed by atoms with Gasteiger partial charge in [-0.05, 0) is 12.8 Å². The zero-order valence-corrected chi connectivity index (χ0v) is 6.78. The number of alkyl halides is 1. The van der Waals surface area contributed by atoms with Gasteiger partial charge in [-0.15, -0.1) is 0 Å². The summed E-state index contributed by atoms with van der Waals surface area (Å²) in [5.41, 5.74) is 0. The van der Waals surface area contributed by atoms with Gasteiger partial charge in [0.2, 0.25) is 0 Å². The highest BCUT2D eigenvalue weighted by Gasteiger charge is 1.83. The molecule has 0 aromatic carbocycles. The average Bonchev–Trinajstić information content (AvgIpc) is 1.97. The van der Waals surface area contributed by atoms with Crippen LogP contribution >= 0.6 is 0 Å². The van der Waals surface area contributed by atoms with Gasteiger partial charge in [0.1, 0.15) is 6.67 Å². The predicted molar refractivity (Wildman–Crippen MR) is 43.9 cm³/mol. The normalized spacial score (nSPS) is 11.0. The van der Waals surface area contributed by atoms with E-state index >= 15 is 0 Å². The van der Waals surface area contributed by atoms with E-state index in [0.717, 1.165) is 6.42 Å². The van der Waals surface area contributed by atoms with Crippen LogP contribution in [0.3, 0.4) is 0 Å². The fraction of sp³-hybridized carbons (Fsp3) is 0.778. The van der Waals surface area contributed by atoms with Gasteiger partial charge in [0, 0.05) is 0 Å². The summed E-state index contributed by atoms with van der Waals surface area (Å²) in [6.45, 7) is 1.88. The molecule has 0 aromatic heterocycles. The standard InChI is InChI=1S/C9H17F/c1-2-3-4-5-6-7-8-9-10/h7-8H,2-6,9H2,1H3. The molecule has 0 nitrogen and oxygen atoms in total. The molecule has 0 N–H and O–H groups in total. The summed E-state index contributed by atoms with van der Waals surface area (Å²) in [7, 11) is 0. The Bertz CT molecular complexity index is 76.8. The average molecular weight is 144 g/mol. The molecule has 0 amide bonds. The van der Waals surface area contributed by atoms with Crippen molar-refractivity contribution in [3.63, 3.8) is 0 Å². The first kappa shape index (κ1) is 9.67. The summed E-state index contributed by atoms with van der Waals surface area (Å²) < 4.78 is 11.5. The van der Waals surface area contributed by atoms with Gasteiger partial charge in [-0.25, -0.2) is 4.39 Å². The molecule has 0 rings (SSSR count). The lowest BCUT2D eigenvalue weighted by atomic mass is 10.1. The summed E-state index contributed by atoms with van der Waals surface area (Å²) in [6, 6.07) is 0. The van der Waals surface area contributed by atoms with E-state index in [1.165, 1.54) is 25.7 Å². The van der Waals surface area contributed by atoms with Crippen molar-refractivity contribution in [3.8, 4) is 0 Å². The topological polar surface area (TPSA) is 0 Å². The monoisotopic (exact) mass is 144 g/mol. The van der Waals surface area contributed by atoms with Crippen molar-refractivity contribution >= 4 is 0 Å². The Kier molecular flexibility index (Phi) is 8.38. The van der Waals surface area contributed by atoms with Crippen LogP contribution in [0.1, 0.15) is 39.0 Å². The Balaban J connectivity index is 2.83. The van der Waals surface area contributed by atoms with Crippen LogP contribution in [0.15, 0.2) is 12.2 Å². The summed E-state index contributed by atoms with van der Waals surface area (Å²) in [4.78, 5) is 0. The number of hydrogen-bond acceptors (Lipinski definition) is 0. The maximum atomic E-state index is 11.5. The minimum absolute atomic E-state index is 0.312. The number of halogens is 1. The Morgan fingerprint density at radius 1 is 1.10 bits per heavy atom. The third kappa shape index (κ3) is 7.67. The lowest BCUT2D eigenvalue weighted by Gasteiger charge is -1.92. The number of hydrogen-bond donors (Lipinski definition) is 0. The molecule has 0 atom stereocenters. The molecule has 0 unspecified atom stereocenters. The molecule has 10 heavy (non-hydrogen) atoms. The van der Waals surface area contributed by atoms with E-state index in [4.69, 9.17) is 0 Å². The molecular formula is C9H17F. The van der Waals surface area contributed by atoms with Crippen molar-refractivity contribution in [2.45, 2.75) is 39.0 Å². The molecule has 0 aliphatic rings. The van der Waals surface area contributed by atoms with Crippen LogP contribution in [-0.4, -0.2) is 6.67 Å². The van der Waals surface area contributed by atoms with Crippen LogP contribution in [0.5, 0.6) is 0 Å². The maximum Gasteiger partial charge on any atom is 0.108 e. The Labute approximate surface area is 63.1 Å². The van der Waals surface area contributed by atoms with Crippen molar-refractivity contribution in [1.82, 2.24) is 0 Å². The van der Waals surface area contributed by atoms with Crippen molar-refractivity contribution < 1.29 is 4.39 Å². The Morgan fingerprint density at radius 3 is 2.50 bits per heavy atom. The van der Waals surface area contributed by atoms with Crippen LogP contribution in [0.25, 0.3) is 0 Å². The molecule has 0 aromatic rings. The van der Waals surface area contributed by atoms with Crippen LogP contribution in [0, 0.1) is 0 Å². The molecule has 0 fully saturated rings. The molecule has 0 aliphatic heterocycles. The largest absolute Gasteiger partial charge is 0.247 e. The quantitative estimate of drug-likeness (QED) is 0.395. The van der Waals surface area contributed by atoms with Crippen LogP contribution < -0.4 is 0 Å². The molecule has 60 valence electrons. The van der Waals surface area contributed by atoms with Gasteiger partial charge >= 0.3 is 0 Å². The lowest BCUT2D eigenvalue weighted by Crippen LogP contribution is -1.73. The van der Waals surface area contributed by atoms with Crippen molar-refractivity contribution in [2.75, 3.05) is 6.67 Å². The van der Waals surface area contributed by atoms with Crippen molar-refractivity contribution in [2.24, 2.45) is 0 Å². The predicted octanol–water partition coefficient (Wildman–Crippen LogP) is 3.48. The first-order valence-corrected chi connectivity index (χ1v) is 4.12. The third-order valence-electron chi connectivity index (χ3n) is 1.48. The van der Waals surface area contributed by atoms with E-state index in [2.05, 4.69) is 6.92 Å². The van der Waals surface area contributed by atoms with Gasteiger partial charge in [0.15, 0.2) is 0 Å². The van der Waals surface area contributed by atoms with E-state index in [0.29, 0.717) is 0 Å². The van der Waals surface area contributed by atoms with Crippen molar-refractivity contribution in [3.05, 3.63) is 12.2 Å². The van der Waals surface area contributed by atoms with E-state index in [-0.39, 0.29) is 6.67 Å². The Hall–Kier alpha value is -0.330. The second-order valence-electron chi connectivity index (χ2n) is 2.48. The highest BCUT2D eigenvalue weighted by molar-refractivity contribution is 4.80. The SMILES string of the molecule is CCCCCCC=CCF. The minimum atomic E-state index is -0.312. The summed E-state index contributed by atoms with van der Waals surface area (Å²) in [6.07, 6.45) is 9.64. The molecule has 0 heterocycles. The van der Waals surface area contributed by atoms with Crippen LogP contribution in [-0.2, 0) is 0 Å². The van der Waals surface area contributed by atoms with E-state index in [1.807, 2.05) is 6.08 Å². The summed E-state index contributed by atoms with van der Waals surface area (Å²) in [5, 5.41) is 0. The van der Waals surface area contributed by atoms with Gasteiger partial charge in [-0.1, -0.05) is 38.3 Å². The molecule has 0 saturated carbocycles. The first-order chi connectivity index (χ1) is 4.91. The smallest absolute Gasteiger partial charge is 0.108 e. The zero-order valence-electron chi connectivity index (χ0n) is 6.78. The number of allylic oxidation sites excluding steroid dienone is 2. The van der Waals surface area contributed by atoms with E-state index < -0.39 is 0 Å². The fourth-order valence-electron chi connectivity index (χ4n) is 0.870.